The lowest BCUT2D eigenvalue weighted by Gasteiger charge is -2.20. The van der Waals surface area contributed by atoms with Crippen LogP contribution in [-0.4, -0.2) is 40.7 Å². The molecule has 0 spiro atoms. The molecule has 0 saturated carbocycles. The molecule has 2 rings (SSSR count). The van der Waals surface area contributed by atoms with Crippen LogP contribution in [-0.2, 0) is 33.5 Å². The Morgan fingerprint density at radius 1 is 1.08 bits per heavy atom. The Balaban J connectivity index is 2.17. The van der Waals surface area contributed by atoms with Gasteiger partial charge >= 0.3 is 11.9 Å². The first-order valence-electron chi connectivity index (χ1n) is 8.12. The molecular weight excluding hydrogens is 342 g/mol. The van der Waals surface area contributed by atoms with Crippen molar-refractivity contribution in [2.45, 2.75) is 45.1 Å². The number of hydroxylamine groups is 2. The van der Waals surface area contributed by atoms with Crippen LogP contribution in [0.2, 0.25) is 0 Å². The molecular formula is C18H19NO7. The number of amides is 2. The van der Waals surface area contributed by atoms with Crippen molar-refractivity contribution in [3.8, 4) is 0 Å². The van der Waals surface area contributed by atoms with Crippen molar-refractivity contribution in [1.82, 2.24) is 5.06 Å². The normalized spacial score (nSPS) is 16.2. The maximum Gasteiger partial charge on any atom is 0.341 e. The molecule has 0 N–H and O–H groups in total. The van der Waals surface area contributed by atoms with Crippen molar-refractivity contribution in [3.05, 3.63) is 35.9 Å². The summed E-state index contributed by atoms with van der Waals surface area (Å²) in [5, 5.41) is 0.443. The summed E-state index contributed by atoms with van der Waals surface area (Å²) in [7, 11) is 0. The molecule has 1 aromatic carbocycles. The SMILES string of the molecule is CC(=O)O[C@@H](C)C(=O)C[C@H](C(=O)ON1C(=O)CCC1=O)c1ccccc1. The van der Waals surface area contributed by atoms with Gasteiger partial charge in [-0.3, -0.25) is 19.2 Å². The van der Waals surface area contributed by atoms with E-state index in [1.807, 2.05) is 0 Å². The van der Waals surface area contributed by atoms with Crippen LogP contribution in [0.5, 0.6) is 0 Å². The van der Waals surface area contributed by atoms with Crippen molar-refractivity contribution in [3.63, 3.8) is 0 Å². The van der Waals surface area contributed by atoms with E-state index in [9.17, 15) is 24.0 Å². The summed E-state index contributed by atoms with van der Waals surface area (Å²) in [4.78, 5) is 64.1. The van der Waals surface area contributed by atoms with Gasteiger partial charge in [0.25, 0.3) is 11.8 Å². The quantitative estimate of drug-likeness (QED) is 0.532. The molecule has 26 heavy (non-hydrogen) atoms. The number of Topliss-reactive ketones (excluding diaryl/α,β-unsaturated/α-hetero) is 1. The summed E-state index contributed by atoms with van der Waals surface area (Å²) in [6, 6.07) is 8.36. The number of carbonyl (C=O) groups excluding carboxylic acids is 5. The lowest BCUT2D eigenvalue weighted by atomic mass is 9.92. The zero-order valence-corrected chi connectivity index (χ0v) is 14.5. The van der Waals surface area contributed by atoms with Crippen molar-refractivity contribution < 1.29 is 33.5 Å². The number of benzene rings is 1. The lowest BCUT2D eigenvalue weighted by Crippen LogP contribution is -2.35. The van der Waals surface area contributed by atoms with Crippen molar-refractivity contribution in [2.75, 3.05) is 0 Å². The molecule has 0 unspecified atom stereocenters. The monoisotopic (exact) mass is 361 g/mol. The second-order valence-electron chi connectivity index (χ2n) is 5.88. The maximum atomic E-state index is 12.5. The smallest absolute Gasteiger partial charge is 0.341 e. The summed E-state index contributed by atoms with van der Waals surface area (Å²) in [6.45, 7) is 2.59. The van der Waals surface area contributed by atoms with Crippen LogP contribution in [0.4, 0.5) is 0 Å². The average Bonchev–Trinajstić information content (AvgIpc) is 2.91. The fourth-order valence-corrected chi connectivity index (χ4v) is 2.52. The highest BCUT2D eigenvalue weighted by atomic mass is 16.7. The lowest BCUT2D eigenvalue weighted by molar-refractivity contribution is -0.198. The van der Waals surface area contributed by atoms with Gasteiger partial charge in [0.1, 0.15) is 0 Å². The average molecular weight is 361 g/mol. The van der Waals surface area contributed by atoms with E-state index in [2.05, 4.69) is 0 Å². The Labute approximate surface area is 150 Å². The third kappa shape index (κ3) is 4.75. The van der Waals surface area contributed by atoms with Gasteiger partial charge in [0, 0.05) is 26.2 Å². The molecule has 138 valence electrons. The van der Waals surface area contributed by atoms with Crippen LogP contribution in [0, 0.1) is 0 Å². The Morgan fingerprint density at radius 2 is 1.65 bits per heavy atom. The van der Waals surface area contributed by atoms with E-state index >= 15 is 0 Å². The number of nitrogens with zero attached hydrogens (tertiary/aromatic N) is 1. The van der Waals surface area contributed by atoms with E-state index in [-0.39, 0.29) is 19.3 Å². The van der Waals surface area contributed by atoms with Crippen LogP contribution >= 0.6 is 0 Å². The highest BCUT2D eigenvalue weighted by molar-refractivity contribution is 6.02. The Morgan fingerprint density at radius 3 is 2.19 bits per heavy atom. The molecule has 8 nitrogen and oxygen atoms in total. The van der Waals surface area contributed by atoms with Crippen molar-refractivity contribution in [2.24, 2.45) is 0 Å². The van der Waals surface area contributed by atoms with Gasteiger partial charge in [-0.25, -0.2) is 4.79 Å². The number of ketones is 1. The fourth-order valence-electron chi connectivity index (χ4n) is 2.52. The minimum Gasteiger partial charge on any atom is -0.455 e. The standard InChI is InChI=1S/C18H19NO7/c1-11(25-12(2)20)15(21)10-14(13-6-4-3-5-7-13)18(24)26-19-16(22)8-9-17(19)23/h3-7,11,14H,8-10H2,1-2H3/t11-,14-/m0/s1. The van der Waals surface area contributed by atoms with Gasteiger partial charge in [0.15, 0.2) is 11.9 Å². The zero-order valence-electron chi connectivity index (χ0n) is 14.5. The third-order valence-corrected chi connectivity index (χ3v) is 3.87. The van der Waals surface area contributed by atoms with Gasteiger partial charge in [-0.2, -0.15) is 0 Å². The molecule has 0 aliphatic carbocycles. The predicted octanol–water partition coefficient (Wildman–Crippen LogP) is 1.29. The Bertz CT molecular complexity index is 712. The molecule has 1 saturated heterocycles. The molecule has 1 heterocycles. The van der Waals surface area contributed by atoms with Gasteiger partial charge in [-0.1, -0.05) is 30.3 Å². The topological polar surface area (TPSA) is 107 Å². The second-order valence-corrected chi connectivity index (χ2v) is 5.88. The fraction of sp³-hybridized carbons (Fsp3) is 0.389. The van der Waals surface area contributed by atoms with Crippen LogP contribution in [0.15, 0.2) is 30.3 Å². The molecule has 2 amide bonds. The number of hydrogen-bond acceptors (Lipinski definition) is 7. The summed E-state index contributed by atoms with van der Waals surface area (Å²) < 4.78 is 4.84. The molecule has 1 aromatic rings. The largest absolute Gasteiger partial charge is 0.455 e. The van der Waals surface area contributed by atoms with Gasteiger partial charge in [-0.05, 0) is 12.5 Å². The first kappa shape index (κ1) is 19.3. The minimum atomic E-state index is -1.04. The highest BCUT2D eigenvalue weighted by Gasteiger charge is 2.36. The summed E-state index contributed by atoms with van der Waals surface area (Å²) >= 11 is 0. The predicted molar refractivity (Wildman–Crippen MR) is 87.2 cm³/mol. The number of imide groups is 1. The maximum absolute atomic E-state index is 12.5. The summed E-state index contributed by atoms with van der Waals surface area (Å²) in [5.41, 5.74) is 0.486. The van der Waals surface area contributed by atoms with Gasteiger partial charge < -0.3 is 9.57 Å². The molecule has 1 aliphatic heterocycles. The molecule has 1 fully saturated rings. The number of carbonyl (C=O) groups is 5. The molecule has 0 radical (unpaired) electrons. The molecule has 1 aliphatic rings. The van der Waals surface area contributed by atoms with Crippen LogP contribution in [0.3, 0.4) is 0 Å². The second kappa shape index (κ2) is 8.37. The Kier molecular flexibility index (Phi) is 6.21. The van der Waals surface area contributed by atoms with E-state index in [0.29, 0.717) is 10.6 Å². The Hall–Kier alpha value is -3.03. The molecule has 8 heteroatoms. The first-order chi connectivity index (χ1) is 12.3. The van der Waals surface area contributed by atoms with Gasteiger partial charge in [0.2, 0.25) is 0 Å². The number of hydrogen-bond donors (Lipinski definition) is 0. The summed E-state index contributed by atoms with van der Waals surface area (Å²) in [6.07, 6.45) is -1.37. The molecule has 0 aromatic heterocycles. The van der Waals surface area contributed by atoms with E-state index < -0.39 is 41.6 Å². The minimum absolute atomic E-state index is 0.0233. The zero-order chi connectivity index (χ0) is 19.3. The van der Waals surface area contributed by atoms with Crippen LogP contribution < -0.4 is 0 Å². The van der Waals surface area contributed by atoms with Crippen molar-refractivity contribution >= 4 is 29.5 Å². The number of ether oxygens (including phenoxy) is 1. The van der Waals surface area contributed by atoms with Gasteiger partial charge in [-0.15, -0.1) is 5.06 Å². The molecule has 0 bridgehead atoms. The number of esters is 1. The summed E-state index contributed by atoms with van der Waals surface area (Å²) in [5.74, 6) is -4.24. The van der Waals surface area contributed by atoms with Crippen molar-refractivity contribution in [1.29, 1.82) is 0 Å². The van der Waals surface area contributed by atoms with E-state index in [1.165, 1.54) is 13.8 Å². The highest BCUT2D eigenvalue weighted by Crippen LogP contribution is 2.24. The van der Waals surface area contributed by atoms with E-state index in [0.717, 1.165) is 0 Å². The van der Waals surface area contributed by atoms with E-state index in [4.69, 9.17) is 9.57 Å². The first-order valence-corrected chi connectivity index (χ1v) is 8.12. The third-order valence-electron chi connectivity index (χ3n) is 3.87. The molecule has 2 atom stereocenters. The van der Waals surface area contributed by atoms with Gasteiger partial charge in [0.05, 0.1) is 5.92 Å². The number of rotatable bonds is 7. The van der Waals surface area contributed by atoms with E-state index in [1.54, 1.807) is 30.3 Å². The van der Waals surface area contributed by atoms with Crippen LogP contribution in [0.1, 0.15) is 44.6 Å². The van der Waals surface area contributed by atoms with Crippen LogP contribution in [0.25, 0.3) is 0 Å².